The van der Waals surface area contributed by atoms with Crippen LogP contribution in [-0.4, -0.2) is 16.2 Å². The van der Waals surface area contributed by atoms with E-state index < -0.39 is 5.97 Å². The number of halogens is 1. The standard InChI is InChI=1S/C17H13ClN2O3/c1-11-2-4-12(5-3-11)16-20-19-15(23-16)10-22-17(21)13-6-8-14(18)9-7-13/h2-9H,10H2,1H3. The van der Waals surface area contributed by atoms with Crippen molar-refractivity contribution in [1.82, 2.24) is 10.2 Å². The van der Waals surface area contributed by atoms with Crippen LogP contribution in [0, 0.1) is 6.92 Å². The molecule has 6 heteroatoms. The lowest BCUT2D eigenvalue weighted by atomic mass is 10.1. The summed E-state index contributed by atoms with van der Waals surface area (Å²) in [5.74, 6) is 0.155. The van der Waals surface area contributed by atoms with Crippen molar-refractivity contribution >= 4 is 17.6 Å². The Kier molecular flexibility index (Phi) is 4.39. The number of aromatic nitrogens is 2. The van der Waals surface area contributed by atoms with Gasteiger partial charge in [0.25, 0.3) is 5.89 Å². The van der Waals surface area contributed by atoms with Gasteiger partial charge in [-0.25, -0.2) is 4.79 Å². The Labute approximate surface area is 137 Å². The molecule has 0 N–H and O–H groups in total. The fraction of sp³-hybridized carbons (Fsp3) is 0.118. The van der Waals surface area contributed by atoms with E-state index in [1.54, 1.807) is 24.3 Å². The Hall–Kier alpha value is -2.66. The lowest BCUT2D eigenvalue weighted by Crippen LogP contribution is -2.05. The molecule has 0 spiro atoms. The monoisotopic (exact) mass is 328 g/mol. The third-order valence-corrected chi connectivity index (χ3v) is 3.42. The number of rotatable bonds is 4. The second-order valence-corrected chi connectivity index (χ2v) is 5.39. The smallest absolute Gasteiger partial charge is 0.338 e. The molecule has 0 atom stereocenters. The van der Waals surface area contributed by atoms with Crippen molar-refractivity contribution in [3.8, 4) is 11.5 Å². The van der Waals surface area contributed by atoms with Gasteiger partial charge in [0.1, 0.15) is 0 Å². The van der Waals surface area contributed by atoms with Gasteiger partial charge < -0.3 is 9.15 Å². The van der Waals surface area contributed by atoms with Crippen molar-refractivity contribution in [3.63, 3.8) is 0 Å². The summed E-state index contributed by atoms with van der Waals surface area (Å²) in [6.45, 7) is 1.92. The number of hydrogen-bond donors (Lipinski definition) is 0. The lowest BCUT2D eigenvalue weighted by molar-refractivity contribution is 0.0438. The van der Waals surface area contributed by atoms with Gasteiger partial charge in [0.05, 0.1) is 5.56 Å². The molecule has 3 rings (SSSR count). The Balaban J connectivity index is 1.64. The largest absolute Gasteiger partial charge is 0.452 e. The van der Waals surface area contributed by atoms with Crippen molar-refractivity contribution in [3.05, 3.63) is 70.6 Å². The maximum atomic E-state index is 11.9. The third kappa shape index (κ3) is 3.76. The highest BCUT2D eigenvalue weighted by Crippen LogP contribution is 2.19. The number of nitrogens with zero attached hydrogens (tertiary/aromatic N) is 2. The van der Waals surface area contributed by atoms with E-state index >= 15 is 0 Å². The highest BCUT2D eigenvalue weighted by Gasteiger charge is 2.12. The normalized spacial score (nSPS) is 10.5. The molecule has 0 aliphatic rings. The van der Waals surface area contributed by atoms with Gasteiger partial charge in [0, 0.05) is 10.6 Å². The molecule has 1 aromatic heterocycles. The van der Waals surface area contributed by atoms with E-state index in [9.17, 15) is 4.79 Å². The maximum Gasteiger partial charge on any atom is 0.338 e. The molecule has 0 saturated heterocycles. The molecule has 2 aromatic carbocycles. The summed E-state index contributed by atoms with van der Waals surface area (Å²) in [6.07, 6.45) is 0. The Morgan fingerprint density at radius 1 is 1.09 bits per heavy atom. The number of carbonyl (C=O) groups excluding carboxylic acids is 1. The van der Waals surface area contributed by atoms with Gasteiger partial charge in [0.2, 0.25) is 5.89 Å². The first-order valence-corrected chi connectivity index (χ1v) is 7.32. The van der Waals surface area contributed by atoms with Crippen molar-refractivity contribution < 1.29 is 13.9 Å². The minimum absolute atomic E-state index is 0.0830. The molecule has 5 nitrogen and oxygen atoms in total. The molecule has 23 heavy (non-hydrogen) atoms. The lowest BCUT2D eigenvalue weighted by Gasteiger charge is -2.01. The molecule has 0 bridgehead atoms. The number of benzene rings is 2. The summed E-state index contributed by atoms with van der Waals surface area (Å²) >= 11 is 5.77. The fourth-order valence-corrected chi connectivity index (χ4v) is 2.05. The van der Waals surface area contributed by atoms with Crippen LogP contribution >= 0.6 is 11.6 Å². The molecule has 0 amide bonds. The first kappa shape index (κ1) is 15.2. The van der Waals surface area contributed by atoms with Crippen LogP contribution in [-0.2, 0) is 11.3 Å². The van der Waals surface area contributed by atoms with E-state index in [4.69, 9.17) is 20.8 Å². The highest BCUT2D eigenvalue weighted by molar-refractivity contribution is 6.30. The number of aryl methyl sites for hydroxylation is 1. The van der Waals surface area contributed by atoms with Crippen molar-refractivity contribution in [2.75, 3.05) is 0 Å². The molecular weight excluding hydrogens is 316 g/mol. The van der Waals surface area contributed by atoms with Crippen LogP contribution in [0.25, 0.3) is 11.5 Å². The number of ether oxygens (including phenoxy) is 1. The first-order valence-electron chi connectivity index (χ1n) is 6.94. The molecule has 0 aliphatic heterocycles. The average Bonchev–Trinajstić information content (AvgIpc) is 3.03. The molecule has 0 radical (unpaired) electrons. The van der Waals surface area contributed by atoms with Crippen LogP contribution in [0.4, 0.5) is 0 Å². The SMILES string of the molecule is Cc1ccc(-c2nnc(COC(=O)c3ccc(Cl)cc3)o2)cc1. The number of esters is 1. The van der Waals surface area contributed by atoms with Crippen molar-refractivity contribution in [2.24, 2.45) is 0 Å². The van der Waals surface area contributed by atoms with Gasteiger partial charge in [-0.05, 0) is 43.3 Å². The summed E-state index contributed by atoms with van der Waals surface area (Å²) in [5, 5.41) is 8.39. The first-order chi connectivity index (χ1) is 11.1. The van der Waals surface area contributed by atoms with Crippen LogP contribution in [0.1, 0.15) is 21.8 Å². The predicted octanol–water partition coefficient (Wildman–Crippen LogP) is 4.06. The summed E-state index contributed by atoms with van der Waals surface area (Å²) < 4.78 is 10.6. The quantitative estimate of drug-likeness (QED) is 0.676. The van der Waals surface area contributed by atoms with Gasteiger partial charge in [-0.3, -0.25) is 0 Å². The zero-order valence-electron chi connectivity index (χ0n) is 12.3. The Morgan fingerprint density at radius 3 is 2.48 bits per heavy atom. The van der Waals surface area contributed by atoms with Crippen LogP contribution < -0.4 is 0 Å². The second kappa shape index (κ2) is 6.62. The predicted molar refractivity (Wildman–Crippen MR) is 85.0 cm³/mol. The molecule has 116 valence electrons. The van der Waals surface area contributed by atoms with Crippen LogP contribution in [0.5, 0.6) is 0 Å². The van der Waals surface area contributed by atoms with Gasteiger partial charge in [-0.1, -0.05) is 29.3 Å². The third-order valence-electron chi connectivity index (χ3n) is 3.17. The number of carbonyl (C=O) groups is 1. The van der Waals surface area contributed by atoms with E-state index in [1.807, 2.05) is 31.2 Å². The van der Waals surface area contributed by atoms with E-state index in [-0.39, 0.29) is 12.5 Å². The van der Waals surface area contributed by atoms with Crippen LogP contribution in [0.15, 0.2) is 52.9 Å². The molecule has 3 aromatic rings. The van der Waals surface area contributed by atoms with E-state index in [1.165, 1.54) is 0 Å². The summed E-state index contributed by atoms with van der Waals surface area (Å²) in [7, 11) is 0. The number of hydrogen-bond acceptors (Lipinski definition) is 5. The van der Waals surface area contributed by atoms with Gasteiger partial charge >= 0.3 is 5.97 Å². The zero-order chi connectivity index (χ0) is 16.2. The van der Waals surface area contributed by atoms with Crippen molar-refractivity contribution in [2.45, 2.75) is 13.5 Å². The molecule has 0 fully saturated rings. The summed E-state index contributed by atoms with van der Waals surface area (Å²) in [5.41, 5.74) is 2.37. The Bertz CT molecular complexity index is 811. The molecular formula is C17H13ClN2O3. The fourth-order valence-electron chi connectivity index (χ4n) is 1.92. The second-order valence-electron chi connectivity index (χ2n) is 4.95. The average molecular weight is 329 g/mol. The van der Waals surface area contributed by atoms with E-state index in [2.05, 4.69) is 10.2 Å². The minimum Gasteiger partial charge on any atom is -0.452 e. The van der Waals surface area contributed by atoms with Crippen LogP contribution in [0.3, 0.4) is 0 Å². The minimum atomic E-state index is -0.475. The highest BCUT2D eigenvalue weighted by atomic mass is 35.5. The topological polar surface area (TPSA) is 65.2 Å². The van der Waals surface area contributed by atoms with Gasteiger partial charge in [0.15, 0.2) is 6.61 Å². The van der Waals surface area contributed by atoms with E-state index in [0.717, 1.165) is 11.1 Å². The molecule has 1 heterocycles. The van der Waals surface area contributed by atoms with Crippen molar-refractivity contribution in [1.29, 1.82) is 0 Å². The zero-order valence-corrected chi connectivity index (χ0v) is 13.1. The Morgan fingerprint density at radius 2 is 1.78 bits per heavy atom. The molecule has 0 unspecified atom stereocenters. The summed E-state index contributed by atoms with van der Waals surface area (Å²) in [6, 6.07) is 14.1. The van der Waals surface area contributed by atoms with Crippen LogP contribution in [0.2, 0.25) is 5.02 Å². The molecule has 0 aliphatic carbocycles. The van der Waals surface area contributed by atoms with Gasteiger partial charge in [-0.2, -0.15) is 0 Å². The van der Waals surface area contributed by atoms with Gasteiger partial charge in [-0.15, -0.1) is 10.2 Å². The summed E-state index contributed by atoms with van der Waals surface area (Å²) in [4.78, 5) is 11.9. The maximum absolute atomic E-state index is 11.9. The molecule has 0 saturated carbocycles. The van der Waals surface area contributed by atoms with E-state index in [0.29, 0.717) is 16.5 Å².